The summed E-state index contributed by atoms with van der Waals surface area (Å²) in [4.78, 5) is 7.33. The molecule has 1 N–H and O–H groups in total. The third-order valence-corrected chi connectivity index (χ3v) is 3.26. The lowest BCUT2D eigenvalue weighted by atomic mass is 10.3. The summed E-state index contributed by atoms with van der Waals surface area (Å²) in [6, 6.07) is 4.15. The minimum absolute atomic E-state index is 0.404. The molecule has 0 aliphatic carbocycles. The van der Waals surface area contributed by atoms with Crippen molar-refractivity contribution in [2.24, 2.45) is 0 Å². The molecule has 4 nitrogen and oxygen atoms in total. The second kappa shape index (κ2) is 4.70. The van der Waals surface area contributed by atoms with Crippen LogP contribution in [-0.2, 0) is 13.0 Å². The van der Waals surface area contributed by atoms with Crippen LogP contribution in [0.5, 0.6) is 0 Å². The number of hydrogen-bond donors (Lipinski definition) is 1. The molecule has 0 aliphatic rings. The Balaban J connectivity index is 2.16. The maximum absolute atomic E-state index is 13.2. The van der Waals surface area contributed by atoms with Gasteiger partial charge in [0.2, 0.25) is 0 Å². The van der Waals surface area contributed by atoms with Crippen LogP contribution in [-0.4, -0.2) is 19.7 Å². The molecule has 0 aliphatic heterocycles. The molecule has 104 valence electrons. The summed E-state index contributed by atoms with van der Waals surface area (Å²) in [6.45, 7) is 4.71. The molecule has 20 heavy (non-hydrogen) atoms. The van der Waals surface area contributed by atoms with Crippen molar-refractivity contribution in [3.63, 3.8) is 0 Å². The van der Waals surface area contributed by atoms with Crippen molar-refractivity contribution in [2.75, 3.05) is 0 Å². The van der Waals surface area contributed by atoms with Gasteiger partial charge in [-0.1, -0.05) is 6.92 Å². The second-order valence-corrected chi connectivity index (χ2v) is 4.56. The second-order valence-electron chi connectivity index (χ2n) is 4.56. The largest absolute Gasteiger partial charge is 0.337 e. The van der Waals surface area contributed by atoms with E-state index in [2.05, 4.69) is 15.1 Å². The normalized spacial score (nSPS) is 11.4. The zero-order valence-corrected chi connectivity index (χ0v) is 11.2. The van der Waals surface area contributed by atoms with E-state index in [0.717, 1.165) is 29.9 Å². The van der Waals surface area contributed by atoms with Crippen LogP contribution in [0, 0.1) is 11.6 Å². The van der Waals surface area contributed by atoms with Crippen LogP contribution in [0.1, 0.15) is 19.5 Å². The predicted octanol–water partition coefficient (Wildman–Crippen LogP) is 3.29. The number of benzene rings is 1. The highest BCUT2D eigenvalue weighted by Gasteiger charge is 2.14. The van der Waals surface area contributed by atoms with Gasteiger partial charge in [0.15, 0.2) is 17.5 Å². The lowest BCUT2D eigenvalue weighted by Crippen LogP contribution is -2.00. The summed E-state index contributed by atoms with van der Waals surface area (Å²) < 4.78 is 28.3. The van der Waals surface area contributed by atoms with Gasteiger partial charge in [-0.2, -0.15) is 5.10 Å². The van der Waals surface area contributed by atoms with Gasteiger partial charge in [-0.05, 0) is 19.4 Å². The highest BCUT2D eigenvalue weighted by atomic mass is 19.2. The molecule has 2 aromatic heterocycles. The van der Waals surface area contributed by atoms with Crippen LogP contribution in [0.3, 0.4) is 0 Å². The fourth-order valence-electron chi connectivity index (χ4n) is 2.20. The summed E-state index contributed by atoms with van der Waals surface area (Å²) in [6.07, 6.45) is 0.823. The number of nitrogens with zero attached hydrogens (tertiary/aromatic N) is 3. The number of aryl methyl sites for hydroxylation is 2. The summed E-state index contributed by atoms with van der Waals surface area (Å²) >= 11 is 0. The first-order valence-electron chi connectivity index (χ1n) is 6.54. The Hall–Kier alpha value is -2.24. The van der Waals surface area contributed by atoms with Gasteiger partial charge in [0.1, 0.15) is 5.69 Å². The smallest absolute Gasteiger partial charge is 0.161 e. The highest BCUT2D eigenvalue weighted by Crippen LogP contribution is 2.23. The Labute approximate surface area is 114 Å². The molecule has 0 amide bonds. The quantitative estimate of drug-likeness (QED) is 0.798. The van der Waals surface area contributed by atoms with Gasteiger partial charge in [-0.25, -0.2) is 13.8 Å². The Morgan fingerprint density at radius 3 is 2.60 bits per heavy atom. The van der Waals surface area contributed by atoms with E-state index in [-0.39, 0.29) is 0 Å². The van der Waals surface area contributed by atoms with E-state index in [4.69, 9.17) is 0 Å². The third kappa shape index (κ3) is 1.97. The van der Waals surface area contributed by atoms with Gasteiger partial charge in [-0.15, -0.1) is 0 Å². The van der Waals surface area contributed by atoms with Crippen molar-refractivity contribution in [3.8, 4) is 11.5 Å². The maximum Gasteiger partial charge on any atom is 0.161 e. The van der Waals surface area contributed by atoms with Gasteiger partial charge in [0.05, 0.1) is 16.7 Å². The zero-order chi connectivity index (χ0) is 14.3. The molecule has 2 heterocycles. The van der Waals surface area contributed by atoms with E-state index in [1.807, 2.05) is 24.6 Å². The topological polar surface area (TPSA) is 46.5 Å². The molecule has 0 saturated heterocycles. The molecule has 0 atom stereocenters. The summed E-state index contributed by atoms with van der Waals surface area (Å²) in [7, 11) is 0. The monoisotopic (exact) mass is 276 g/mol. The minimum atomic E-state index is -0.895. The molecule has 0 unspecified atom stereocenters. The van der Waals surface area contributed by atoms with Crippen molar-refractivity contribution in [1.82, 2.24) is 19.7 Å². The SMILES string of the molecule is CCc1cc(-c2nc3cc(F)c(F)cc3[nH]2)n(CC)n1. The Morgan fingerprint density at radius 2 is 1.90 bits per heavy atom. The highest BCUT2D eigenvalue weighted by molar-refractivity contribution is 5.79. The standard InChI is InChI=1S/C14H14F2N4/c1-3-8-5-13(20(4-2)19-8)14-17-11-6-9(15)10(16)7-12(11)18-14/h5-7H,3-4H2,1-2H3,(H,17,18). The summed E-state index contributed by atoms with van der Waals surface area (Å²) in [5.74, 6) is -1.21. The first-order valence-corrected chi connectivity index (χ1v) is 6.54. The molecule has 0 spiro atoms. The van der Waals surface area contributed by atoms with Crippen molar-refractivity contribution in [2.45, 2.75) is 26.8 Å². The number of hydrogen-bond acceptors (Lipinski definition) is 2. The molecular formula is C14H14F2N4. The molecule has 6 heteroatoms. The Kier molecular flexibility index (Phi) is 3.00. The zero-order valence-electron chi connectivity index (χ0n) is 11.2. The van der Waals surface area contributed by atoms with Crippen LogP contribution in [0.25, 0.3) is 22.6 Å². The molecule has 0 saturated carbocycles. The lowest BCUT2D eigenvalue weighted by Gasteiger charge is -2.00. The van der Waals surface area contributed by atoms with Crippen LogP contribution in [0.4, 0.5) is 8.78 Å². The van der Waals surface area contributed by atoms with Gasteiger partial charge in [0, 0.05) is 18.7 Å². The maximum atomic E-state index is 13.2. The van der Waals surface area contributed by atoms with E-state index >= 15 is 0 Å². The summed E-state index contributed by atoms with van der Waals surface area (Å²) in [5.41, 5.74) is 2.66. The molecule has 0 fully saturated rings. The van der Waals surface area contributed by atoms with E-state index in [0.29, 0.717) is 23.4 Å². The average molecular weight is 276 g/mol. The van der Waals surface area contributed by atoms with Crippen LogP contribution < -0.4 is 0 Å². The Bertz CT molecular complexity index is 734. The number of nitrogens with one attached hydrogen (secondary N) is 1. The van der Waals surface area contributed by atoms with Gasteiger partial charge < -0.3 is 4.98 Å². The van der Waals surface area contributed by atoms with E-state index in [9.17, 15) is 8.78 Å². The average Bonchev–Trinajstić information content (AvgIpc) is 3.02. The number of aromatic amines is 1. The van der Waals surface area contributed by atoms with Crippen molar-refractivity contribution in [3.05, 3.63) is 35.5 Å². The number of fused-ring (bicyclic) bond motifs is 1. The minimum Gasteiger partial charge on any atom is -0.337 e. The molecule has 3 aromatic rings. The number of aromatic nitrogens is 4. The molecular weight excluding hydrogens is 262 g/mol. The molecule has 0 bridgehead atoms. The van der Waals surface area contributed by atoms with E-state index < -0.39 is 11.6 Å². The van der Waals surface area contributed by atoms with Crippen LogP contribution in [0.2, 0.25) is 0 Å². The van der Waals surface area contributed by atoms with Crippen molar-refractivity contribution < 1.29 is 8.78 Å². The molecule has 3 rings (SSSR count). The number of imidazole rings is 1. The lowest BCUT2D eigenvalue weighted by molar-refractivity contribution is 0.510. The fourth-order valence-corrected chi connectivity index (χ4v) is 2.20. The fraction of sp³-hybridized carbons (Fsp3) is 0.286. The van der Waals surface area contributed by atoms with Gasteiger partial charge in [-0.3, -0.25) is 4.68 Å². The van der Waals surface area contributed by atoms with E-state index in [1.165, 1.54) is 0 Å². The molecule has 1 aromatic carbocycles. The first kappa shape index (κ1) is 12.8. The number of halogens is 2. The van der Waals surface area contributed by atoms with Crippen molar-refractivity contribution in [1.29, 1.82) is 0 Å². The molecule has 0 radical (unpaired) electrons. The van der Waals surface area contributed by atoms with E-state index in [1.54, 1.807) is 0 Å². The van der Waals surface area contributed by atoms with Crippen molar-refractivity contribution >= 4 is 11.0 Å². The summed E-state index contributed by atoms with van der Waals surface area (Å²) in [5, 5.41) is 4.44. The predicted molar refractivity (Wildman–Crippen MR) is 72.3 cm³/mol. The van der Waals surface area contributed by atoms with Gasteiger partial charge >= 0.3 is 0 Å². The van der Waals surface area contributed by atoms with Crippen LogP contribution >= 0.6 is 0 Å². The number of H-pyrrole nitrogens is 1. The van der Waals surface area contributed by atoms with Gasteiger partial charge in [0.25, 0.3) is 0 Å². The Morgan fingerprint density at radius 1 is 1.15 bits per heavy atom. The van der Waals surface area contributed by atoms with Crippen LogP contribution in [0.15, 0.2) is 18.2 Å². The first-order chi connectivity index (χ1) is 9.62. The third-order valence-electron chi connectivity index (χ3n) is 3.26. The number of rotatable bonds is 3.